The highest BCUT2D eigenvalue weighted by Gasteiger charge is 2.30. The quantitative estimate of drug-likeness (QED) is 0.761. The first kappa shape index (κ1) is 15.8. The van der Waals surface area contributed by atoms with Crippen LogP contribution in [0.2, 0.25) is 0 Å². The molecule has 0 radical (unpaired) electrons. The number of amides is 1. The molecule has 0 fully saturated rings. The fourth-order valence-corrected chi connectivity index (χ4v) is 2.10. The SMILES string of the molecule is O=C(NCc1cccc(C(F)(F)F)c1)c1ccc(I)cc1. The summed E-state index contributed by atoms with van der Waals surface area (Å²) in [6.07, 6.45) is -4.38. The maximum absolute atomic E-state index is 12.6. The van der Waals surface area contributed by atoms with Crippen LogP contribution in [0.4, 0.5) is 13.2 Å². The lowest BCUT2D eigenvalue weighted by Gasteiger charge is -2.09. The average Bonchev–Trinajstić information content (AvgIpc) is 2.45. The zero-order valence-electron chi connectivity index (χ0n) is 10.7. The van der Waals surface area contributed by atoms with Crippen LogP contribution in [0, 0.1) is 3.57 Å². The van der Waals surface area contributed by atoms with Gasteiger partial charge in [-0.1, -0.05) is 12.1 Å². The highest BCUT2D eigenvalue weighted by Crippen LogP contribution is 2.29. The standard InChI is InChI=1S/C15H11F3INO/c16-15(17,18)12-3-1-2-10(8-12)9-20-14(21)11-4-6-13(19)7-5-11/h1-8H,9H2,(H,20,21). The molecule has 21 heavy (non-hydrogen) atoms. The van der Waals surface area contributed by atoms with Crippen molar-refractivity contribution in [3.05, 3.63) is 68.8 Å². The zero-order valence-corrected chi connectivity index (χ0v) is 12.9. The predicted molar refractivity (Wildman–Crippen MR) is 81.8 cm³/mol. The van der Waals surface area contributed by atoms with E-state index in [9.17, 15) is 18.0 Å². The lowest BCUT2D eigenvalue weighted by atomic mass is 10.1. The van der Waals surface area contributed by atoms with Gasteiger partial charge in [0.05, 0.1) is 5.56 Å². The van der Waals surface area contributed by atoms with E-state index in [2.05, 4.69) is 27.9 Å². The number of hydrogen-bond acceptors (Lipinski definition) is 1. The summed E-state index contributed by atoms with van der Waals surface area (Å²) in [4.78, 5) is 11.9. The molecule has 0 saturated carbocycles. The van der Waals surface area contributed by atoms with Gasteiger partial charge in [0.2, 0.25) is 0 Å². The molecule has 6 heteroatoms. The lowest BCUT2D eigenvalue weighted by molar-refractivity contribution is -0.137. The number of hydrogen-bond donors (Lipinski definition) is 1. The van der Waals surface area contributed by atoms with Gasteiger partial charge < -0.3 is 5.32 Å². The normalized spacial score (nSPS) is 11.2. The number of carbonyl (C=O) groups is 1. The summed E-state index contributed by atoms with van der Waals surface area (Å²) in [6.45, 7) is 0.0503. The summed E-state index contributed by atoms with van der Waals surface area (Å²) in [5.74, 6) is -0.316. The Morgan fingerprint density at radius 3 is 2.38 bits per heavy atom. The Bertz CT molecular complexity index is 638. The van der Waals surface area contributed by atoms with Crippen molar-refractivity contribution in [3.8, 4) is 0 Å². The smallest absolute Gasteiger partial charge is 0.348 e. The molecule has 0 aliphatic rings. The first-order chi connectivity index (χ1) is 9.86. The van der Waals surface area contributed by atoms with Gasteiger partial charge >= 0.3 is 6.18 Å². The van der Waals surface area contributed by atoms with Crippen molar-refractivity contribution in [1.82, 2.24) is 5.32 Å². The van der Waals surface area contributed by atoms with Crippen LogP contribution in [-0.2, 0) is 12.7 Å². The van der Waals surface area contributed by atoms with Crippen molar-refractivity contribution in [2.75, 3.05) is 0 Å². The number of halogens is 4. The maximum Gasteiger partial charge on any atom is 0.416 e. The van der Waals surface area contributed by atoms with E-state index in [-0.39, 0.29) is 12.5 Å². The summed E-state index contributed by atoms with van der Waals surface area (Å²) in [7, 11) is 0. The average molecular weight is 405 g/mol. The van der Waals surface area contributed by atoms with E-state index < -0.39 is 11.7 Å². The van der Waals surface area contributed by atoms with Gasteiger partial charge in [-0.05, 0) is 64.6 Å². The number of benzene rings is 2. The highest BCUT2D eigenvalue weighted by molar-refractivity contribution is 14.1. The van der Waals surface area contributed by atoms with Crippen molar-refractivity contribution in [2.45, 2.75) is 12.7 Å². The van der Waals surface area contributed by atoms with Crippen LogP contribution in [0.25, 0.3) is 0 Å². The van der Waals surface area contributed by atoms with Crippen LogP contribution in [0.1, 0.15) is 21.5 Å². The molecular weight excluding hydrogens is 394 g/mol. The molecule has 2 aromatic carbocycles. The van der Waals surface area contributed by atoms with Crippen molar-refractivity contribution >= 4 is 28.5 Å². The van der Waals surface area contributed by atoms with Crippen LogP contribution in [0.3, 0.4) is 0 Å². The Hall–Kier alpha value is -1.57. The van der Waals surface area contributed by atoms with Gasteiger partial charge in [0.1, 0.15) is 0 Å². The number of nitrogens with one attached hydrogen (secondary N) is 1. The lowest BCUT2D eigenvalue weighted by Crippen LogP contribution is -2.23. The molecule has 2 nitrogen and oxygen atoms in total. The fraction of sp³-hybridized carbons (Fsp3) is 0.133. The maximum atomic E-state index is 12.6. The van der Waals surface area contributed by atoms with Crippen LogP contribution >= 0.6 is 22.6 Å². The first-order valence-electron chi connectivity index (χ1n) is 6.06. The molecule has 0 aromatic heterocycles. The van der Waals surface area contributed by atoms with Crippen LogP contribution in [0.5, 0.6) is 0 Å². The van der Waals surface area contributed by atoms with E-state index in [0.717, 1.165) is 15.7 Å². The number of rotatable bonds is 3. The second-order valence-corrected chi connectivity index (χ2v) is 5.63. The molecular formula is C15H11F3INO. The number of alkyl halides is 3. The van der Waals surface area contributed by atoms with Gasteiger partial charge in [-0.25, -0.2) is 0 Å². The summed E-state index contributed by atoms with van der Waals surface area (Å²) in [5, 5.41) is 2.60. The molecule has 0 atom stereocenters. The zero-order chi connectivity index (χ0) is 15.5. The third kappa shape index (κ3) is 4.45. The second-order valence-electron chi connectivity index (χ2n) is 4.39. The Balaban J connectivity index is 2.03. The third-order valence-electron chi connectivity index (χ3n) is 2.81. The van der Waals surface area contributed by atoms with Gasteiger partial charge in [-0.3, -0.25) is 4.79 Å². The summed E-state index contributed by atoms with van der Waals surface area (Å²) in [5.41, 5.74) is 0.162. The van der Waals surface area contributed by atoms with Crippen LogP contribution < -0.4 is 5.32 Å². The molecule has 1 N–H and O–H groups in total. The van der Waals surface area contributed by atoms with Crippen molar-refractivity contribution in [3.63, 3.8) is 0 Å². The molecule has 0 bridgehead atoms. The predicted octanol–water partition coefficient (Wildman–Crippen LogP) is 4.24. The first-order valence-corrected chi connectivity index (χ1v) is 7.14. The van der Waals surface area contributed by atoms with E-state index in [1.807, 2.05) is 0 Å². The van der Waals surface area contributed by atoms with E-state index in [1.54, 1.807) is 30.3 Å². The van der Waals surface area contributed by atoms with Gasteiger partial charge in [0.15, 0.2) is 0 Å². The molecule has 0 aliphatic carbocycles. The van der Waals surface area contributed by atoms with Gasteiger partial charge in [-0.15, -0.1) is 0 Å². The monoisotopic (exact) mass is 405 g/mol. The molecule has 0 aliphatic heterocycles. The largest absolute Gasteiger partial charge is 0.416 e. The molecule has 1 amide bonds. The van der Waals surface area contributed by atoms with Crippen LogP contribution in [0.15, 0.2) is 48.5 Å². The molecule has 0 saturated heterocycles. The molecule has 2 aromatic rings. The Kier molecular flexibility index (Phi) is 4.87. The Morgan fingerprint density at radius 1 is 1.10 bits per heavy atom. The van der Waals surface area contributed by atoms with E-state index in [4.69, 9.17) is 0 Å². The van der Waals surface area contributed by atoms with Crippen molar-refractivity contribution in [1.29, 1.82) is 0 Å². The Labute approximate surface area is 133 Å². The minimum Gasteiger partial charge on any atom is -0.348 e. The molecule has 0 heterocycles. The minimum atomic E-state index is -4.38. The Morgan fingerprint density at radius 2 is 1.76 bits per heavy atom. The highest BCUT2D eigenvalue weighted by atomic mass is 127. The number of carbonyl (C=O) groups excluding carboxylic acids is 1. The van der Waals surface area contributed by atoms with Gasteiger partial charge in [-0.2, -0.15) is 13.2 Å². The van der Waals surface area contributed by atoms with Crippen molar-refractivity contribution < 1.29 is 18.0 Å². The fourth-order valence-electron chi connectivity index (χ4n) is 1.74. The van der Waals surface area contributed by atoms with E-state index >= 15 is 0 Å². The minimum absolute atomic E-state index is 0.0503. The van der Waals surface area contributed by atoms with Crippen molar-refractivity contribution in [2.24, 2.45) is 0 Å². The van der Waals surface area contributed by atoms with E-state index in [1.165, 1.54) is 6.07 Å². The second kappa shape index (κ2) is 6.46. The summed E-state index contributed by atoms with van der Waals surface area (Å²) in [6, 6.07) is 11.8. The molecule has 2 rings (SSSR count). The molecule has 110 valence electrons. The topological polar surface area (TPSA) is 29.1 Å². The molecule has 0 spiro atoms. The third-order valence-corrected chi connectivity index (χ3v) is 3.53. The van der Waals surface area contributed by atoms with Gasteiger partial charge in [0.25, 0.3) is 5.91 Å². The van der Waals surface area contributed by atoms with Crippen LogP contribution in [-0.4, -0.2) is 5.91 Å². The van der Waals surface area contributed by atoms with Gasteiger partial charge in [0, 0.05) is 15.7 Å². The van der Waals surface area contributed by atoms with E-state index in [0.29, 0.717) is 11.1 Å². The molecule has 0 unspecified atom stereocenters. The summed E-state index contributed by atoms with van der Waals surface area (Å²) < 4.78 is 38.7. The summed E-state index contributed by atoms with van der Waals surface area (Å²) >= 11 is 2.12.